The van der Waals surface area contributed by atoms with Gasteiger partial charge in [0.1, 0.15) is 0 Å². The van der Waals surface area contributed by atoms with Gasteiger partial charge in [-0.05, 0) is 38.1 Å². The van der Waals surface area contributed by atoms with E-state index in [9.17, 15) is 19.2 Å². The van der Waals surface area contributed by atoms with Crippen molar-refractivity contribution in [1.82, 2.24) is 9.80 Å². The summed E-state index contributed by atoms with van der Waals surface area (Å²) in [6.07, 6.45) is 0. The van der Waals surface area contributed by atoms with Gasteiger partial charge in [0.15, 0.2) is 5.92 Å². The van der Waals surface area contributed by atoms with E-state index < -0.39 is 35.7 Å². The Labute approximate surface area is 141 Å². The number of nitrogens with one attached hydrogen (secondary N) is 1. The zero-order valence-electron chi connectivity index (χ0n) is 12.9. The molecule has 0 radical (unpaired) electrons. The molecule has 0 bridgehead atoms. The van der Waals surface area contributed by atoms with Crippen LogP contribution in [0.3, 0.4) is 0 Å². The number of nitrogens with zero attached hydrogens (tertiary/aromatic N) is 2. The van der Waals surface area contributed by atoms with Gasteiger partial charge >= 0.3 is 6.03 Å². The third-order valence-electron chi connectivity index (χ3n) is 3.45. The Morgan fingerprint density at radius 2 is 1.70 bits per heavy atom. The first-order valence-corrected chi connectivity index (χ1v) is 7.74. The maximum absolute atomic E-state index is 12.4. The molecule has 0 aromatic heterocycles. The van der Waals surface area contributed by atoms with Crippen LogP contribution in [0.2, 0.25) is 0 Å². The Morgan fingerprint density at radius 1 is 1.13 bits per heavy atom. The monoisotopic (exact) mass is 381 g/mol. The average molecular weight is 382 g/mol. The van der Waals surface area contributed by atoms with Crippen molar-refractivity contribution in [2.45, 2.75) is 19.9 Å². The lowest BCUT2D eigenvalue weighted by Gasteiger charge is -2.36. The number of urea groups is 1. The largest absolute Gasteiger partial charge is 0.333 e. The summed E-state index contributed by atoms with van der Waals surface area (Å²) < 4.78 is 0.830. The van der Waals surface area contributed by atoms with E-state index in [2.05, 4.69) is 21.2 Å². The number of anilines is 1. The number of barbiturate groups is 1. The standard InChI is InChI=1S/C15H16BrN3O4/c1-8(2)19-14(22)11(13(21)18(3)15(19)23)12(20)17-10-6-4-9(16)5-7-10/h4-8,11H,1-3H3,(H,17,20). The van der Waals surface area contributed by atoms with Crippen LogP contribution in [0.4, 0.5) is 10.5 Å². The number of amides is 5. The van der Waals surface area contributed by atoms with Gasteiger partial charge in [-0.25, -0.2) is 4.79 Å². The fraction of sp³-hybridized carbons (Fsp3) is 0.333. The molecule has 5 amide bonds. The fourth-order valence-corrected chi connectivity index (χ4v) is 2.50. The van der Waals surface area contributed by atoms with Crippen LogP contribution < -0.4 is 5.32 Å². The van der Waals surface area contributed by atoms with Crippen LogP contribution in [0.25, 0.3) is 0 Å². The Morgan fingerprint density at radius 3 is 2.22 bits per heavy atom. The number of benzene rings is 1. The van der Waals surface area contributed by atoms with Gasteiger partial charge in [-0.15, -0.1) is 0 Å². The smallest absolute Gasteiger partial charge is 0.325 e. The molecule has 1 aliphatic rings. The highest BCUT2D eigenvalue weighted by atomic mass is 79.9. The molecule has 0 saturated carbocycles. The molecule has 23 heavy (non-hydrogen) atoms. The molecule has 1 aliphatic heterocycles. The average Bonchev–Trinajstić information content (AvgIpc) is 2.47. The molecular weight excluding hydrogens is 366 g/mol. The van der Waals surface area contributed by atoms with Crippen molar-refractivity contribution in [3.05, 3.63) is 28.7 Å². The van der Waals surface area contributed by atoms with Crippen LogP contribution in [0.1, 0.15) is 13.8 Å². The maximum atomic E-state index is 12.4. The maximum Gasteiger partial charge on any atom is 0.333 e. The van der Waals surface area contributed by atoms with Crippen LogP contribution in [-0.4, -0.2) is 46.6 Å². The number of carbonyl (C=O) groups excluding carboxylic acids is 4. The van der Waals surface area contributed by atoms with Gasteiger partial charge in [0.2, 0.25) is 5.91 Å². The quantitative estimate of drug-likeness (QED) is 0.809. The molecule has 0 spiro atoms. The summed E-state index contributed by atoms with van der Waals surface area (Å²) in [7, 11) is 1.26. The molecule has 1 fully saturated rings. The Kier molecular flexibility index (Phi) is 4.84. The molecule has 1 atom stereocenters. The van der Waals surface area contributed by atoms with Gasteiger partial charge in [-0.1, -0.05) is 15.9 Å². The predicted molar refractivity (Wildman–Crippen MR) is 86.4 cm³/mol. The topological polar surface area (TPSA) is 86.8 Å². The van der Waals surface area contributed by atoms with E-state index in [-0.39, 0.29) is 0 Å². The molecule has 8 heteroatoms. The first kappa shape index (κ1) is 17.1. The second-order valence-corrected chi connectivity index (χ2v) is 6.33. The Balaban J connectivity index is 2.26. The molecule has 1 saturated heterocycles. The molecule has 1 aromatic rings. The van der Waals surface area contributed by atoms with E-state index in [4.69, 9.17) is 0 Å². The number of hydrogen-bond donors (Lipinski definition) is 1. The number of imide groups is 2. The summed E-state index contributed by atoms with van der Waals surface area (Å²) in [5.41, 5.74) is 0.453. The van der Waals surface area contributed by atoms with Crippen LogP contribution in [-0.2, 0) is 14.4 Å². The minimum Gasteiger partial charge on any atom is -0.325 e. The lowest BCUT2D eigenvalue weighted by Crippen LogP contribution is -2.62. The second kappa shape index (κ2) is 6.49. The van der Waals surface area contributed by atoms with E-state index in [1.807, 2.05) is 0 Å². The van der Waals surface area contributed by atoms with Crippen molar-refractivity contribution in [3.8, 4) is 0 Å². The van der Waals surface area contributed by atoms with E-state index in [0.717, 1.165) is 14.3 Å². The van der Waals surface area contributed by atoms with Crippen LogP contribution in [0, 0.1) is 5.92 Å². The van der Waals surface area contributed by atoms with Crippen molar-refractivity contribution in [2.75, 3.05) is 12.4 Å². The minimum absolute atomic E-state index is 0.450. The molecule has 1 unspecified atom stereocenters. The molecule has 122 valence electrons. The number of halogens is 1. The Bertz CT molecular complexity index is 672. The molecule has 0 aliphatic carbocycles. The molecule has 7 nitrogen and oxygen atoms in total. The molecular formula is C15H16BrN3O4. The van der Waals surface area contributed by atoms with E-state index in [0.29, 0.717) is 5.69 Å². The summed E-state index contributed by atoms with van der Waals surface area (Å²) in [5, 5.41) is 2.53. The SMILES string of the molecule is CC(C)N1C(=O)C(C(=O)Nc2ccc(Br)cc2)C(=O)N(C)C1=O. The van der Waals surface area contributed by atoms with Crippen molar-refractivity contribution in [2.24, 2.45) is 5.92 Å². The van der Waals surface area contributed by atoms with E-state index >= 15 is 0 Å². The predicted octanol–water partition coefficient (Wildman–Crippen LogP) is 1.83. The highest BCUT2D eigenvalue weighted by Crippen LogP contribution is 2.21. The zero-order valence-corrected chi connectivity index (χ0v) is 14.5. The van der Waals surface area contributed by atoms with Crippen molar-refractivity contribution >= 4 is 45.4 Å². The number of hydrogen-bond acceptors (Lipinski definition) is 4. The van der Waals surface area contributed by atoms with Gasteiger partial charge < -0.3 is 5.32 Å². The Hall–Kier alpha value is -2.22. The molecule has 2 rings (SSSR count). The number of rotatable bonds is 3. The van der Waals surface area contributed by atoms with Crippen molar-refractivity contribution in [1.29, 1.82) is 0 Å². The molecule has 1 aromatic carbocycles. The highest BCUT2D eigenvalue weighted by Gasteiger charge is 2.48. The lowest BCUT2D eigenvalue weighted by atomic mass is 10.0. The van der Waals surface area contributed by atoms with Gasteiger partial charge in [-0.3, -0.25) is 24.2 Å². The first-order valence-electron chi connectivity index (χ1n) is 6.95. The van der Waals surface area contributed by atoms with E-state index in [1.165, 1.54) is 7.05 Å². The summed E-state index contributed by atoms with van der Waals surface area (Å²) in [4.78, 5) is 50.7. The van der Waals surface area contributed by atoms with Crippen LogP contribution in [0.5, 0.6) is 0 Å². The van der Waals surface area contributed by atoms with E-state index in [1.54, 1.807) is 38.1 Å². The van der Waals surface area contributed by atoms with Crippen LogP contribution >= 0.6 is 15.9 Å². The minimum atomic E-state index is -1.57. The lowest BCUT2D eigenvalue weighted by molar-refractivity contribution is -0.152. The highest BCUT2D eigenvalue weighted by molar-refractivity contribution is 9.10. The zero-order chi connectivity index (χ0) is 17.3. The molecule has 1 N–H and O–H groups in total. The van der Waals surface area contributed by atoms with Crippen molar-refractivity contribution in [3.63, 3.8) is 0 Å². The number of carbonyl (C=O) groups is 4. The summed E-state index contributed by atoms with van der Waals surface area (Å²) >= 11 is 3.27. The second-order valence-electron chi connectivity index (χ2n) is 5.41. The summed E-state index contributed by atoms with van der Waals surface area (Å²) in [6, 6.07) is 5.53. The summed E-state index contributed by atoms with van der Waals surface area (Å²) in [5.74, 6) is -3.95. The van der Waals surface area contributed by atoms with Gasteiger partial charge in [-0.2, -0.15) is 0 Å². The van der Waals surface area contributed by atoms with Gasteiger partial charge in [0.25, 0.3) is 11.8 Å². The molecule has 1 heterocycles. The van der Waals surface area contributed by atoms with Crippen molar-refractivity contribution < 1.29 is 19.2 Å². The third kappa shape index (κ3) is 3.26. The first-order chi connectivity index (χ1) is 10.7. The van der Waals surface area contributed by atoms with Gasteiger partial charge in [0.05, 0.1) is 0 Å². The van der Waals surface area contributed by atoms with Gasteiger partial charge in [0, 0.05) is 23.2 Å². The van der Waals surface area contributed by atoms with Crippen LogP contribution in [0.15, 0.2) is 28.7 Å². The third-order valence-corrected chi connectivity index (χ3v) is 3.97. The summed E-state index contributed by atoms with van der Waals surface area (Å²) in [6.45, 7) is 3.28. The fourth-order valence-electron chi connectivity index (χ4n) is 2.24. The normalized spacial score (nSPS) is 18.7.